The maximum absolute atomic E-state index is 5.17. The standard InChI is InChI=1S/C20H13N7S/c28-20-24-15-2-1-11(7-17(15)25-20)16-8-12-4-6-27(26-19(12)23-16)18-9-13-10-21-5-3-14(13)22-18/h1-10H,(H3,21,22,23,24,25,26,28)/p+1. The Bertz CT molecular complexity index is 1520. The van der Waals surface area contributed by atoms with E-state index in [9.17, 15) is 0 Å². The number of pyridine rings is 1. The van der Waals surface area contributed by atoms with Gasteiger partial charge in [-0.2, -0.15) is 0 Å². The molecule has 28 heavy (non-hydrogen) atoms. The summed E-state index contributed by atoms with van der Waals surface area (Å²) in [5.74, 6) is 0.891. The van der Waals surface area contributed by atoms with Crippen LogP contribution in [0.1, 0.15) is 0 Å². The summed E-state index contributed by atoms with van der Waals surface area (Å²) in [6.45, 7) is 0. The van der Waals surface area contributed by atoms with Gasteiger partial charge in [-0.15, -0.1) is 4.68 Å². The molecule has 0 unspecified atom stereocenters. The molecule has 8 heteroatoms. The van der Waals surface area contributed by atoms with Crippen LogP contribution in [0.4, 0.5) is 0 Å². The van der Waals surface area contributed by atoms with E-state index in [-0.39, 0.29) is 0 Å². The van der Waals surface area contributed by atoms with Gasteiger partial charge in [-0.25, -0.2) is 4.98 Å². The van der Waals surface area contributed by atoms with Crippen LogP contribution < -0.4 is 4.68 Å². The number of nitrogens with one attached hydrogen (secondary N) is 4. The fourth-order valence-electron chi connectivity index (χ4n) is 3.53. The minimum absolute atomic E-state index is 0.625. The van der Waals surface area contributed by atoms with Crippen molar-refractivity contribution in [3.63, 3.8) is 0 Å². The van der Waals surface area contributed by atoms with Crippen LogP contribution in [0.5, 0.6) is 0 Å². The van der Waals surface area contributed by atoms with E-state index in [1.54, 1.807) is 6.20 Å². The van der Waals surface area contributed by atoms with E-state index in [1.165, 1.54) is 0 Å². The summed E-state index contributed by atoms with van der Waals surface area (Å²) in [5, 5.41) is 6.83. The first kappa shape index (κ1) is 15.3. The summed E-state index contributed by atoms with van der Waals surface area (Å²) in [6.07, 6.45) is 5.56. The molecule has 0 aliphatic rings. The molecule has 134 valence electrons. The topological polar surface area (TPSA) is 92.8 Å². The molecule has 0 spiro atoms. The fraction of sp³-hybridized carbons (Fsp3) is 0. The number of nitrogens with zero attached hydrogens (tertiary/aromatic N) is 3. The van der Waals surface area contributed by atoms with Gasteiger partial charge in [0.05, 0.1) is 11.0 Å². The van der Waals surface area contributed by atoms with Crippen LogP contribution >= 0.6 is 12.2 Å². The zero-order valence-electron chi connectivity index (χ0n) is 14.5. The van der Waals surface area contributed by atoms with Gasteiger partial charge in [0.2, 0.25) is 0 Å². The quantitative estimate of drug-likeness (QED) is 0.269. The molecule has 0 saturated heterocycles. The molecule has 6 aromatic rings. The van der Waals surface area contributed by atoms with E-state index in [2.05, 4.69) is 43.1 Å². The van der Waals surface area contributed by atoms with Crippen LogP contribution in [0.2, 0.25) is 0 Å². The number of rotatable bonds is 2. The summed E-state index contributed by atoms with van der Waals surface area (Å²) >= 11 is 5.17. The highest BCUT2D eigenvalue weighted by Gasteiger charge is 2.14. The number of benzene rings is 1. The first-order valence-corrected chi connectivity index (χ1v) is 9.21. The number of aromatic nitrogens is 7. The van der Waals surface area contributed by atoms with Crippen LogP contribution in [0.15, 0.2) is 61.1 Å². The Morgan fingerprint density at radius 1 is 0.821 bits per heavy atom. The van der Waals surface area contributed by atoms with Crippen molar-refractivity contribution in [1.29, 1.82) is 0 Å². The Morgan fingerprint density at radius 3 is 2.68 bits per heavy atom. The Hall–Kier alpha value is -3.78. The zero-order chi connectivity index (χ0) is 18.7. The molecule has 0 aliphatic heterocycles. The van der Waals surface area contributed by atoms with Crippen LogP contribution in [0, 0.1) is 4.77 Å². The van der Waals surface area contributed by atoms with Gasteiger partial charge in [0.1, 0.15) is 11.7 Å². The summed E-state index contributed by atoms with van der Waals surface area (Å²) in [7, 11) is 0. The molecule has 4 N–H and O–H groups in total. The van der Waals surface area contributed by atoms with Crippen molar-refractivity contribution in [2.24, 2.45) is 0 Å². The van der Waals surface area contributed by atoms with Crippen molar-refractivity contribution < 1.29 is 4.68 Å². The van der Waals surface area contributed by atoms with Crippen molar-refractivity contribution in [1.82, 2.24) is 30.0 Å². The average Bonchev–Trinajstić information content (AvgIpc) is 3.41. The Labute approximate surface area is 163 Å². The molecule has 5 aromatic heterocycles. The Kier molecular flexibility index (Phi) is 3.06. The molecular weight excluding hydrogens is 370 g/mol. The van der Waals surface area contributed by atoms with E-state index in [4.69, 9.17) is 17.3 Å². The van der Waals surface area contributed by atoms with E-state index in [0.717, 1.165) is 50.0 Å². The highest BCUT2D eigenvalue weighted by Crippen LogP contribution is 2.25. The second-order valence-corrected chi connectivity index (χ2v) is 7.11. The summed E-state index contributed by atoms with van der Waals surface area (Å²) in [5.41, 5.74) is 5.90. The van der Waals surface area contributed by atoms with Gasteiger partial charge >= 0.3 is 5.82 Å². The fourth-order valence-corrected chi connectivity index (χ4v) is 3.75. The second kappa shape index (κ2) is 5.61. The minimum Gasteiger partial charge on any atom is -0.336 e. The van der Waals surface area contributed by atoms with Gasteiger partial charge in [0.25, 0.3) is 0 Å². The van der Waals surface area contributed by atoms with E-state index in [1.807, 2.05) is 41.3 Å². The minimum atomic E-state index is 0.625. The lowest BCUT2D eigenvalue weighted by molar-refractivity contribution is -0.660. The second-order valence-electron chi connectivity index (χ2n) is 6.70. The van der Waals surface area contributed by atoms with Crippen LogP contribution in [0.3, 0.4) is 0 Å². The van der Waals surface area contributed by atoms with E-state index >= 15 is 0 Å². The van der Waals surface area contributed by atoms with Crippen molar-refractivity contribution >= 4 is 45.2 Å². The van der Waals surface area contributed by atoms with Gasteiger partial charge in [0, 0.05) is 46.6 Å². The van der Waals surface area contributed by atoms with Crippen molar-refractivity contribution in [2.75, 3.05) is 0 Å². The predicted octanol–water partition coefficient (Wildman–Crippen LogP) is 3.92. The maximum Gasteiger partial charge on any atom is 0.305 e. The molecule has 0 fully saturated rings. The number of fused-ring (bicyclic) bond motifs is 3. The van der Waals surface area contributed by atoms with Crippen molar-refractivity contribution in [3.05, 3.63) is 65.8 Å². The number of H-pyrrole nitrogens is 4. The predicted molar refractivity (Wildman–Crippen MR) is 110 cm³/mol. The molecule has 1 aromatic carbocycles. The van der Waals surface area contributed by atoms with E-state index in [0.29, 0.717) is 4.77 Å². The van der Waals surface area contributed by atoms with Gasteiger partial charge < -0.3 is 15.0 Å². The molecule has 0 atom stereocenters. The zero-order valence-corrected chi connectivity index (χ0v) is 15.3. The summed E-state index contributed by atoms with van der Waals surface area (Å²) < 4.78 is 2.45. The van der Waals surface area contributed by atoms with Crippen molar-refractivity contribution in [2.45, 2.75) is 0 Å². The van der Waals surface area contributed by atoms with Crippen LogP contribution in [-0.4, -0.2) is 30.0 Å². The number of aromatic amines is 4. The number of hydrogen-bond acceptors (Lipinski definition) is 3. The third-order valence-electron chi connectivity index (χ3n) is 4.91. The summed E-state index contributed by atoms with van der Waals surface area (Å²) in [6, 6.07) is 14.3. The molecule has 6 rings (SSSR count). The normalized spacial score (nSPS) is 11.7. The van der Waals surface area contributed by atoms with Gasteiger partial charge in [-0.1, -0.05) is 11.2 Å². The lowest BCUT2D eigenvalue weighted by Gasteiger charge is -1.97. The average molecular weight is 384 g/mol. The number of imidazole rings is 1. The third kappa shape index (κ3) is 2.35. The lowest BCUT2D eigenvalue weighted by Crippen LogP contribution is -2.34. The Balaban J connectivity index is 1.46. The molecule has 0 aliphatic carbocycles. The smallest absolute Gasteiger partial charge is 0.305 e. The van der Waals surface area contributed by atoms with Crippen LogP contribution in [-0.2, 0) is 0 Å². The van der Waals surface area contributed by atoms with Gasteiger partial charge in [0.15, 0.2) is 10.4 Å². The largest absolute Gasteiger partial charge is 0.336 e. The molecule has 5 heterocycles. The Morgan fingerprint density at radius 2 is 1.75 bits per heavy atom. The SMILES string of the molecule is S=c1[nH]c2ccc(-c3cc4cc[n+](-c5cc6cnccc6[nH]5)nc4[nH]3)cc2[nH]1. The molecule has 7 nitrogen and oxygen atoms in total. The molecule has 0 bridgehead atoms. The lowest BCUT2D eigenvalue weighted by atomic mass is 10.1. The van der Waals surface area contributed by atoms with Crippen LogP contribution in [0.25, 0.3) is 50.0 Å². The number of hydrogen-bond donors (Lipinski definition) is 4. The molecule has 0 amide bonds. The molecule has 0 radical (unpaired) electrons. The van der Waals surface area contributed by atoms with Gasteiger partial charge in [-0.3, -0.25) is 4.98 Å². The van der Waals surface area contributed by atoms with E-state index < -0.39 is 0 Å². The highest BCUT2D eigenvalue weighted by molar-refractivity contribution is 7.71. The maximum atomic E-state index is 5.17. The molecular formula is C20H14N7S+. The van der Waals surface area contributed by atoms with Gasteiger partial charge in [-0.05, 0) is 36.5 Å². The molecule has 0 saturated carbocycles. The third-order valence-corrected chi connectivity index (χ3v) is 5.11. The first-order chi connectivity index (χ1) is 13.7. The monoisotopic (exact) mass is 384 g/mol. The highest BCUT2D eigenvalue weighted by atomic mass is 32.1. The van der Waals surface area contributed by atoms with Crippen molar-refractivity contribution in [3.8, 4) is 17.1 Å². The summed E-state index contributed by atoms with van der Waals surface area (Å²) in [4.78, 5) is 17.2. The first-order valence-electron chi connectivity index (χ1n) is 8.80.